The summed E-state index contributed by atoms with van der Waals surface area (Å²) in [4.78, 5) is 13.1. The molecule has 1 heterocycles. The maximum Gasteiger partial charge on any atom is 0.257 e. The van der Waals surface area contributed by atoms with Gasteiger partial charge < -0.3 is 9.30 Å². The first-order chi connectivity index (χ1) is 13.7. The monoisotopic (exact) mass is 410 g/mol. The standard InChI is InChI=1S/C22H22N2O4S/c1-13(2)28-21-14(3)22(25)24(17-7-8-17)20-12-16(6-11-19(20)21)15-4-9-18(10-5-15)29(23,26)27/h4-6,9-12,17H,1,7-8H2,2-3H3,(H2,23,26,27). The van der Waals surface area contributed by atoms with Gasteiger partial charge in [0, 0.05) is 11.4 Å². The second-order valence-electron chi connectivity index (χ2n) is 7.47. The minimum absolute atomic E-state index is 0.0574. The van der Waals surface area contributed by atoms with Crippen molar-refractivity contribution in [1.82, 2.24) is 4.57 Å². The smallest absolute Gasteiger partial charge is 0.257 e. The van der Waals surface area contributed by atoms with E-state index in [2.05, 4.69) is 6.58 Å². The molecule has 150 valence electrons. The molecule has 29 heavy (non-hydrogen) atoms. The van der Waals surface area contributed by atoms with Gasteiger partial charge in [0.15, 0.2) is 0 Å². The molecule has 1 aromatic heterocycles. The number of primary sulfonamides is 1. The molecule has 0 atom stereocenters. The lowest BCUT2D eigenvalue weighted by molar-refractivity contribution is 0.430. The fourth-order valence-electron chi connectivity index (χ4n) is 3.53. The van der Waals surface area contributed by atoms with Crippen LogP contribution in [-0.2, 0) is 10.0 Å². The average Bonchev–Trinajstić information content (AvgIpc) is 3.49. The third kappa shape index (κ3) is 3.59. The van der Waals surface area contributed by atoms with Crippen molar-refractivity contribution in [2.24, 2.45) is 5.14 Å². The summed E-state index contributed by atoms with van der Waals surface area (Å²) < 4.78 is 30.6. The number of nitrogens with zero attached hydrogens (tertiary/aromatic N) is 1. The molecule has 0 spiro atoms. The minimum Gasteiger partial charge on any atom is -0.461 e. The van der Waals surface area contributed by atoms with Crippen molar-refractivity contribution in [1.29, 1.82) is 0 Å². The van der Waals surface area contributed by atoms with Gasteiger partial charge in [0.25, 0.3) is 5.56 Å². The van der Waals surface area contributed by atoms with Gasteiger partial charge >= 0.3 is 0 Å². The SMILES string of the molecule is C=C(C)Oc1c(C)c(=O)n(C2CC2)c2cc(-c3ccc(S(N)(=O)=O)cc3)ccc12. The first-order valence-corrected chi connectivity index (χ1v) is 10.9. The number of sulfonamides is 1. The Morgan fingerprint density at radius 2 is 1.76 bits per heavy atom. The number of nitrogens with two attached hydrogens (primary N) is 1. The number of allylic oxidation sites excluding steroid dienone is 1. The molecule has 6 nitrogen and oxygen atoms in total. The van der Waals surface area contributed by atoms with Crippen molar-refractivity contribution in [3.8, 4) is 16.9 Å². The van der Waals surface area contributed by atoms with Crippen molar-refractivity contribution in [3.63, 3.8) is 0 Å². The van der Waals surface area contributed by atoms with Crippen molar-refractivity contribution in [3.05, 3.63) is 70.7 Å². The summed E-state index contributed by atoms with van der Waals surface area (Å²) in [6.07, 6.45) is 1.95. The number of ether oxygens (including phenoxy) is 1. The summed E-state index contributed by atoms with van der Waals surface area (Å²) in [5.41, 5.74) is 3.01. The molecule has 0 radical (unpaired) electrons. The van der Waals surface area contributed by atoms with Gasteiger partial charge in [0.05, 0.1) is 21.7 Å². The average molecular weight is 410 g/mol. The fourth-order valence-corrected chi connectivity index (χ4v) is 4.05. The number of aromatic nitrogens is 1. The molecular weight excluding hydrogens is 388 g/mol. The van der Waals surface area contributed by atoms with E-state index in [-0.39, 0.29) is 16.5 Å². The molecule has 0 saturated heterocycles. The van der Waals surface area contributed by atoms with Gasteiger partial charge in [0.2, 0.25) is 10.0 Å². The van der Waals surface area contributed by atoms with E-state index in [4.69, 9.17) is 9.88 Å². The third-order valence-corrected chi connectivity index (χ3v) is 6.02. The molecule has 0 bridgehead atoms. The van der Waals surface area contributed by atoms with Crippen LogP contribution in [-0.4, -0.2) is 13.0 Å². The van der Waals surface area contributed by atoms with Gasteiger partial charge in [-0.1, -0.05) is 24.8 Å². The maximum absolute atomic E-state index is 13.0. The number of benzene rings is 2. The third-order valence-electron chi connectivity index (χ3n) is 5.09. The molecule has 1 aliphatic rings. The molecule has 0 amide bonds. The number of hydrogen-bond acceptors (Lipinski definition) is 4. The van der Waals surface area contributed by atoms with Crippen LogP contribution >= 0.6 is 0 Å². The number of pyridine rings is 1. The second-order valence-corrected chi connectivity index (χ2v) is 9.03. The number of rotatable bonds is 5. The van der Waals surface area contributed by atoms with Crippen LogP contribution in [0.25, 0.3) is 22.0 Å². The summed E-state index contributed by atoms with van der Waals surface area (Å²) in [5, 5.41) is 6.03. The Labute approximate surface area is 169 Å². The Hall–Kier alpha value is -2.90. The molecule has 0 aliphatic heterocycles. The Morgan fingerprint density at radius 1 is 1.14 bits per heavy atom. The second kappa shape index (κ2) is 6.86. The summed E-state index contributed by atoms with van der Waals surface area (Å²) in [7, 11) is -3.74. The topological polar surface area (TPSA) is 91.4 Å². The van der Waals surface area contributed by atoms with Crippen molar-refractivity contribution in [2.75, 3.05) is 0 Å². The Balaban J connectivity index is 1.93. The number of hydrogen-bond donors (Lipinski definition) is 1. The summed E-state index contributed by atoms with van der Waals surface area (Å²) in [5.74, 6) is 1.05. The van der Waals surface area contributed by atoms with Gasteiger partial charge in [-0.25, -0.2) is 13.6 Å². The molecule has 4 rings (SSSR count). The van der Waals surface area contributed by atoms with E-state index in [9.17, 15) is 13.2 Å². The lowest BCUT2D eigenvalue weighted by Crippen LogP contribution is -2.23. The van der Waals surface area contributed by atoms with E-state index in [1.165, 1.54) is 12.1 Å². The minimum atomic E-state index is -3.74. The number of fused-ring (bicyclic) bond motifs is 1. The van der Waals surface area contributed by atoms with Gasteiger partial charge in [0.1, 0.15) is 5.75 Å². The van der Waals surface area contributed by atoms with E-state index in [1.807, 2.05) is 22.8 Å². The highest BCUT2D eigenvalue weighted by molar-refractivity contribution is 7.89. The van der Waals surface area contributed by atoms with Crippen molar-refractivity contribution < 1.29 is 13.2 Å². The van der Waals surface area contributed by atoms with Crippen LogP contribution in [0.5, 0.6) is 5.75 Å². The molecule has 1 aliphatic carbocycles. The fraction of sp³-hybridized carbons (Fsp3) is 0.227. The van der Waals surface area contributed by atoms with Crippen LogP contribution in [0.4, 0.5) is 0 Å². The quantitative estimate of drug-likeness (QED) is 0.647. The van der Waals surface area contributed by atoms with E-state index >= 15 is 0 Å². The van der Waals surface area contributed by atoms with E-state index < -0.39 is 10.0 Å². The highest BCUT2D eigenvalue weighted by Crippen LogP contribution is 2.40. The summed E-state index contributed by atoms with van der Waals surface area (Å²) in [6, 6.07) is 12.4. The van der Waals surface area contributed by atoms with Gasteiger partial charge in [-0.15, -0.1) is 0 Å². The van der Waals surface area contributed by atoms with Crippen LogP contribution in [0.1, 0.15) is 31.4 Å². The highest BCUT2D eigenvalue weighted by Gasteiger charge is 2.28. The Morgan fingerprint density at radius 3 is 2.31 bits per heavy atom. The lowest BCUT2D eigenvalue weighted by atomic mass is 10.0. The predicted molar refractivity (Wildman–Crippen MR) is 113 cm³/mol. The van der Waals surface area contributed by atoms with Crippen LogP contribution in [0.3, 0.4) is 0 Å². The molecular formula is C22H22N2O4S. The zero-order valence-electron chi connectivity index (χ0n) is 16.3. The molecule has 3 aromatic rings. The Bertz CT molecular complexity index is 1300. The molecule has 0 unspecified atom stereocenters. The van der Waals surface area contributed by atoms with Crippen molar-refractivity contribution >= 4 is 20.9 Å². The van der Waals surface area contributed by atoms with Crippen molar-refractivity contribution in [2.45, 2.75) is 37.6 Å². The normalized spacial score (nSPS) is 14.2. The highest BCUT2D eigenvalue weighted by atomic mass is 32.2. The summed E-state index contributed by atoms with van der Waals surface area (Å²) >= 11 is 0. The van der Waals surface area contributed by atoms with Gasteiger partial charge in [-0.05, 0) is 62.1 Å². The lowest BCUT2D eigenvalue weighted by Gasteiger charge is -2.17. The maximum atomic E-state index is 13.0. The molecule has 2 N–H and O–H groups in total. The Kier molecular flexibility index (Phi) is 4.59. The van der Waals surface area contributed by atoms with Gasteiger partial charge in [-0.3, -0.25) is 4.79 Å². The van der Waals surface area contributed by atoms with Crippen LogP contribution in [0, 0.1) is 6.92 Å². The van der Waals surface area contributed by atoms with E-state index in [0.717, 1.165) is 34.9 Å². The van der Waals surface area contributed by atoms with Gasteiger partial charge in [-0.2, -0.15) is 0 Å². The predicted octanol–water partition coefficient (Wildman–Crippen LogP) is 3.87. The van der Waals surface area contributed by atoms with Crippen LogP contribution in [0.2, 0.25) is 0 Å². The van der Waals surface area contributed by atoms with Crippen LogP contribution in [0.15, 0.2) is 64.5 Å². The first kappa shape index (κ1) is 19.4. The summed E-state index contributed by atoms with van der Waals surface area (Å²) in [6.45, 7) is 7.33. The zero-order valence-corrected chi connectivity index (χ0v) is 17.1. The van der Waals surface area contributed by atoms with E-state index in [0.29, 0.717) is 17.1 Å². The molecule has 7 heteroatoms. The largest absolute Gasteiger partial charge is 0.461 e. The van der Waals surface area contributed by atoms with Crippen LogP contribution < -0.4 is 15.4 Å². The molecule has 1 saturated carbocycles. The first-order valence-electron chi connectivity index (χ1n) is 9.32. The zero-order chi connectivity index (χ0) is 20.9. The molecule has 2 aromatic carbocycles. The molecule has 1 fully saturated rings. The van der Waals surface area contributed by atoms with E-state index in [1.54, 1.807) is 26.0 Å².